The Morgan fingerprint density at radius 2 is 2.05 bits per heavy atom. The number of rotatable bonds is 4. The molecule has 0 saturated carbocycles. The van der Waals surface area contributed by atoms with Crippen LogP contribution in [-0.2, 0) is 0 Å². The molecule has 0 spiro atoms. The number of ether oxygens (including phenoxy) is 1. The Balaban J connectivity index is 2.23. The van der Waals surface area contributed by atoms with Crippen LogP contribution in [0.3, 0.4) is 0 Å². The summed E-state index contributed by atoms with van der Waals surface area (Å²) in [6.07, 6.45) is 1.58. The monoisotopic (exact) mass is 277 g/mol. The third kappa shape index (κ3) is 3.17. The molecular formula is C13H12FN3OS. The first-order valence-corrected chi connectivity index (χ1v) is 5.87. The molecule has 3 N–H and O–H groups in total. The van der Waals surface area contributed by atoms with Crippen LogP contribution in [0, 0.1) is 5.82 Å². The number of methoxy groups -OCH3 is 1. The van der Waals surface area contributed by atoms with Crippen molar-refractivity contribution in [3.8, 4) is 5.75 Å². The lowest BCUT2D eigenvalue weighted by atomic mass is 10.2. The zero-order chi connectivity index (χ0) is 13.8. The van der Waals surface area contributed by atoms with Gasteiger partial charge in [0.2, 0.25) is 0 Å². The zero-order valence-electron chi connectivity index (χ0n) is 10.2. The van der Waals surface area contributed by atoms with Crippen molar-refractivity contribution in [2.24, 2.45) is 5.73 Å². The first kappa shape index (κ1) is 13.2. The molecule has 1 heterocycles. The number of nitrogens with two attached hydrogens (primary N) is 1. The normalized spacial score (nSPS) is 10.0. The van der Waals surface area contributed by atoms with Crippen LogP contribution in [0.2, 0.25) is 0 Å². The number of pyridine rings is 1. The minimum absolute atomic E-state index is 0.198. The van der Waals surface area contributed by atoms with Crippen LogP contribution in [0.5, 0.6) is 5.75 Å². The third-order valence-corrected chi connectivity index (χ3v) is 2.66. The highest BCUT2D eigenvalue weighted by atomic mass is 32.1. The van der Waals surface area contributed by atoms with E-state index in [1.165, 1.54) is 13.2 Å². The minimum Gasteiger partial charge on any atom is -0.494 e. The van der Waals surface area contributed by atoms with Crippen molar-refractivity contribution in [1.29, 1.82) is 0 Å². The van der Waals surface area contributed by atoms with Gasteiger partial charge in [0.25, 0.3) is 0 Å². The van der Waals surface area contributed by atoms with Gasteiger partial charge in [-0.15, -0.1) is 0 Å². The second kappa shape index (κ2) is 5.62. The van der Waals surface area contributed by atoms with Crippen LogP contribution in [0.1, 0.15) is 5.69 Å². The maximum atomic E-state index is 13.5. The molecule has 0 aliphatic carbocycles. The van der Waals surface area contributed by atoms with Crippen molar-refractivity contribution in [3.63, 3.8) is 0 Å². The molecule has 0 bridgehead atoms. The number of halogens is 1. The number of benzene rings is 1. The van der Waals surface area contributed by atoms with Gasteiger partial charge in [-0.2, -0.15) is 0 Å². The Morgan fingerprint density at radius 3 is 2.68 bits per heavy atom. The number of nitrogens with zero attached hydrogens (tertiary/aromatic N) is 1. The fourth-order valence-corrected chi connectivity index (χ4v) is 1.67. The fourth-order valence-electron chi connectivity index (χ4n) is 1.55. The SMILES string of the molecule is COc1ccc(Nc2ccnc(C(N)=S)c2)cc1F. The lowest BCUT2D eigenvalue weighted by Gasteiger charge is -2.09. The van der Waals surface area contributed by atoms with Crippen molar-refractivity contribution in [2.45, 2.75) is 0 Å². The first-order chi connectivity index (χ1) is 9.10. The zero-order valence-corrected chi connectivity index (χ0v) is 11.0. The molecule has 0 radical (unpaired) electrons. The second-order valence-corrected chi connectivity index (χ2v) is 4.21. The molecule has 98 valence electrons. The Kier molecular flexibility index (Phi) is 3.91. The highest BCUT2D eigenvalue weighted by Crippen LogP contribution is 2.23. The van der Waals surface area contributed by atoms with Crippen molar-refractivity contribution in [1.82, 2.24) is 4.98 Å². The average Bonchev–Trinajstić information content (AvgIpc) is 2.39. The second-order valence-electron chi connectivity index (χ2n) is 3.77. The molecule has 6 heteroatoms. The molecule has 4 nitrogen and oxygen atoms in total. The maximum absolute atomic E-state index is 13.5. The largest absolute Gasteiger partial charge is 0.494 e. The Hall–Kier alpha value is -2.21. The van der Waals surface area contributed by atoms with Crippen molar-refractivity contribution in [2.75, 3.05) is 12.4 Å². The number of hydrogen-bond acceptors (Lipinski definition) is 4. The van der Waals surface area contributed by atoms with Gasteiger partial charge in [-0.3, -0.25) is 4.98 Å². The standard InChI is InChI=1S/C13H12FN3OS/c1-18-12-3-2-8(6-10(12)14)17-9-4-5-16-11(7-9)13(15)19/h2-7H,1H3,(H2,15,19)(H,16,17). The van der Waals surface area contributed by atoms with Crippen molar-refractivity contribution < 1.29 is 9.13 Å². The molecule has 0 amide bonds. The van der Waals surface area contributed by atoms with Gasteiger partial charge in [-0.25, -0.2) is 4.39 Å². The third-order valence-electron chi connectivity index (χ3n) is 2.45. The molecule has 2 rings (SSSR count). The maximum Gasteiger partial charge on any atom is 0.167 e. The van der Waals surface area contributed by atoms with E-state index in [9.17, 15) is 4.39 Å². The van der Waals surface area contributed by atoms with Gasteiger partial charge >= 0.3 is 0 Å². The summed E-state index contributed by atoms with van der Waals surface area (Å²) in [6.45, 7) is 0. The topological polar surface area (TPSA) is 60.2 Å². The molecular weight excluding hydrogens is 265 g/mol. The van der Waals surface area contributed by atoms with Gasteiger partial charge in [-0.05, 0) is 24.3 Å². The molecule has 0 aliphatic heterocycles. The molecule has 0 fully saturated rings. The molecule has 0 aliphatic rings. The molecule has 1 aromatic heterocycles. The summed E-state index contributed by atoms with van der Waals surface area (Å²) < 4.78 is 18.4. The van der Waals surface area contributed by atoms with Crippen LogP contribution in [0.4, 0.5) is 15.8 Å². The van der Waals surface area contributed by atoms with Crippen LogP contribution in [-0.4, -0.2) is 17.1 Å². The fraction of sp³-hybridized carbons (Fsp3) is 0.0769. The van der Waals surface area contributed by atoms with E-state index in [0.29, 0.717) is 11.4 Å². The van der Waals surface area contributed by atoms with Gasteiger partial charge in [0.15, 0.2) is 11.6 Å². The smallest absolute Gasteiger partial charge is 0.167 e. The summed E-state index contributed by atoms with van der Waals surface area (Å²) in [7, 11) is 1.42. The molecule has 1 aromatic carbocycles. The van der Waals surface area contributed by atoms with E-state index in [4.69, 9.17) is 22.7 Å². The van der Waals surface area contributed by atoms with E-state index in [1.807, 2.05) is 0 Å². The molecule has 19 heavy (non-hydrogen) atoms. The van der Waals surface area contributed by atoms with Crippen LogP contribution in [0.25, 0.3) is 0 Å². The van der Waals surface area contributed by atoms with Crippen LogP contribution < -0.4 is 15.8 Å². The summed E-state index contributed by atoms with van der Waals surface area (Å²) in [5, 5.41) is 3.04. The highest BCUT2D eigenvalue weighted by Gasteiger charge is 2.05. The quantitative estimate of drug-likeness (QED) is 0.841. The minimum atomic E-state index is -0.434. The Morgan fingerprint density at radius 1 is 1.32 bits per heavy atom. The van der Waals surface area contributed by atoms with Gasteiger partial charge in [0.1, 0.15) is 4.99 Å². The first-order valence-electron chi connectivity index (χ1n) is 5.46. The molecule has 0 atom stereocenters. The summed E-state index contributed by atoms with van der Waals surface area (Å²) in [5.41, 5.74) is 7.33. The van der Waals surface area contributed by atoms with Crippen molar-refractivity contribution in [3.05, 3.63) is 48.0 Å². The van der Waals surface area contributed by atoms with E-state index < -0.39 is 5.82 Å². The van der Waals surface area contributed by atoms with E-state index in [2.05, 4.69) is 10.3 Å². The van der Waals surface area contributed by atoms with E-state index in [-0.39, 0.29) is 10.7 Å². The predicted octanol–water partition coefficient (Wildman–Crippen LogP) is 2.61. The van der Waals surface area contributed by atoms with Crippen LogP contribution in [0.15, 0.2) is 36.5 Å². The number of anilines is 2. The van der Waals surface area contributed by atoms with E-state index >= 15 is 0 Å². The average molecular weight is 277 g/mol. The van der Waals surface area contributed by atoms with Gasteiger partial charge in [0.05, 0.1) is 12.8 Å². The summed E-state index contributed by atoms with van der Waals surface area (Å²) >= 11 is 4.85. The predicted molar refractivity (Wildman–Crippen MR) is 76.4 cm³/mol. The summed E-state index contributed by atoms with van der Waals surface area (Å²) in [6, 6.07) is 8.05. The van der Waals surface area contributed by atoms with Crippen LogP contribution >= 0.6 is 12.2 Å². The number of thiocarbonyl (C=S) groups is 1. The van der Waals surface area contributed by atoms with Gasteiger partial charge in [0, 0.05) is 23.6 Å². The molecule has 0 saturated heterocycles. The summed E-state index contributed by atoms with van der Waals surface area (Å²) in [4.78, 5) is 4.24. The Bertz CT molecular complexity index is 619. The summed E-state index contributed by atoms with van der Waals surface area (Å²) in [5.74, 6) is -0.236. The van der Waals surface area contributed by atoms with Gasteiger partial charge in [-0.1, -0.05) is 12.2 Å². The lowest BCUT2D eigenvalue weighted by molar-refractivity contribution is 0.386. The number of nitrogens with one attached hydrogen (secondary N) is 1. The van der Waals surface area contributed by atoms with Gasteiger partial charge < -0.3 is 15.8 Å². The van der Waals surface area contributed by atoms with E-state index in [0.717, 1.165) is 5.69 Å². The van der Waals surface area contributed by atoms with Crippen molar-refractivity contribution >= 4 is 28.6 Å². The molecule has 2 aromatic rings. The molecule has 0 unspecified atom stereocenters. The lowest BCUT2D eigenvalue weighted by Crippen LogP contribution is -2.11. The number of aromatic nitrogens is 1. The van der Waals surface area contributed by atoms with E-state index in [1.54, 1.807) is 30.5 Å². The number of hydrogen-bond donors (Lipinski definition) is 2. The highest BCUT2D eigenvalue weighted by molar-refractivity contribution is 7.80. The Labute approximate surface area is 115 Å².